The maximum atomic E-state index is 12.9. The fourth-order valence-electron chi connectivity index (χ4n) is 3.63. The van der Waals surface area contributed by atoms with E-state index in [0.717, 1.165) is 0 Å². The Labute approximate surface area is 189 Å². The molecule has 0 aromatic heterocycles. The molecule has 1 saturated heterocycles. The van der Waals surface area contributed by atoms with Gasteiger partial charge in [-0.3, -0.25) is 19.7 Å². The van der Waals surface area contributed by atoms with E-state index in [1.165, 1.54) is 23.1 Å². The third kappa shape index (κ3) is 5.18. The number of benzene rings is 2. The van der Waals surface area contributed by atoms with Crippen molar-refractivity contribution in [2.45, 2.75) is 13.0 Å². The van der Waals surface area contributed by atoms with Crippen LogP contribution in [0.2, 0.25) is 0 Å². The van der Waals surface area contributed by atoms with Crippen LogP contribution in [-0.2, 0) is 14.3 Å². The van der Waals surface area contributed by atoms with Crippen LogP contribution in [0.5, 0.6) is 5.75 Å². The molecule has 1 amide bonds. The lowest BCUT2D eigenvalue weighted by Gasteiger charge is -2.25. The van der Waals surface area contributed by atoms with E-state index in [0.29, 0.717) is 23.5 Å². The SMILES string of the molecule is CCOc1ccc(C(O)=C2C(=O)C(=O)N(CCOCCO)[C@H]2c2cccc([N+](=O)[O-])c2)cc1. The molecule has 1 fully saturated rings. The van der Waals surface area contributed by atoms with E-state index < -0.39 is 28.4 Å². The highest BCUT2D eigenvalue weighted by Crippen LogP contribution is 2.40. The van der Waals surface area contributed by atoms with Gasteiger partial charge in [-0.2, -0.15) is 0 Å². The van der Waals surface area contributed by atoms with E-state index in [4.69, 9.17) is 14.6 Å². The van der Waals surface area contributed by atoms with E-state index in [1.54, 1.807) is 30.3 Å². The summed E-state index contributed by atoms with van der Waals surface area (Å²) in [4.78, 5) is 37.7. The molecule has 33 heavy (non-hydrogen) atoms. The zero-order chi connectivity index (χ0) is 24.0. The number of nitro benzene ring substituents is 1. The van der Waals surface area contributed by atoms with Crippen LogP contribution in [0.15, 0.2) is 54.1 Å². The fourth-order valence-corrected chi connectivity index (χ4v) is 3.63. The first-order valence-corrected chi connectivity index (χ1v) is 10.3. The average molecular weight is 456 g/mol. The third-order valence-electron chi connectivity index (χ3n) is 5.09. The van der Waals surface area contributed by atoms with Crippen LogP contribution in [0.25, 0.3) is 5.76 Å². The molecule has 3 rings (SSSR count). The summed E-state index contributed by atoms with van der Waals surface area (Å²) in [6.45, 7) is 2.16. The number of rotatable bonds is 10. The van der Waals surface area contributed by atoms with Crippen LogP contribution >= 0.6 is 0 Å². The number of carbonyl (C=O) groups excluding carboxylic acids is 2. The minimum Gasteiger partial charge on any atom is -0.507 e. The van der Waals surface area contributed by atoms with Gasteiger partial charge in [0, 0.05) is 24.2 Å². The number of hydrogen-bond acceptors (Lipinski definition) is 8. The number of aliphatic hydroxyl groups is 2. The lowest BCUT2D eigenvalue weighted by Crippen LogP contribution is -2.33. The summed E-state index contributed by atoms with van der Waals surface area (Å²) >= 11 is 0. The zero-order valence-corrected chi connectivity index (χ0v) is 18.0. The van der Waals surface area contributed by atoms with Crippen molar-refractivity contribution in [1.82, 2.24) is 4.90 Å². The van der Waals surface area contributed by atoms with Crippen LogP contribution in [-0.4, -0.2) is 64.7 Å². The maximum absolute atomic E-state index is 12.9. The van der Waals surface area contributed by atoms with E-state index in [-0.39, 0.29) is 37.6 Å². The molecule has 0 bridgehead atoms. The van der Waals surface area contributed by atoms with Crippen molar-refractivity contribution in [3.8, 4) is 5.75 Å². The molecule has 10 heteroatoms. The summed E-state index contributed by atoms with van der Waals surface area (Å²) in [7, 11) is 0. The van der Waals surface area contributed by atoms with Crippen LogP contribution < -0.4 is 4.74 Å². The van der Waals surface area contributed by atoms with Crippen molar-refractivity contribution in [2.24, 2.45) is 0 Å². The third-order valence-corrected chi connectivity index (χ3v) is 5.09. The number of carbonyl (C=O) groups is 2. The second kappa shape index (κ2) is 10.7. The van der Waals surface area contributed by atoms with Gasteiger partial charge in [-0.15, -0.1) is 0 Å². The van der Waals surface area contributed by atoms with E-state index in [1.807, 2.05) is 6.92 Å². The number of nitro groups is 1. The molecular formula is C23H24N2O8. The monoisotopic (exact) mass is 456 g/mol. The Kier molecular flexibility index (Phi) is 7.75. The van der Waals surface area contributed by atoms with Gasteiger partial charge in [-0.25, -0.2) is 0 Å². The minimum absolute atomic E-state index is 0.0159. The van der Waals surface area contributed by atoms with E-state index in [9.17, 15) is 24.8 Å². The van der Waals surface area contributed by atoms with Gasteiger partial charge in [0.2, 0.25) is 0 Å². The topological polar surface area (TPSA) is 139 Å². The summed E-state index contributed by atoms with van der Waals surface area (Å²) in [6, 6.07) is 10.9. The first-order chi connectivity index (χ1) is 15.9. The number of ether oxygens (including phenoxy) is 2. The predicted octanol–water partition coefficient (Wildman–Crippen LogP) is 2.42. The Morgan fingerprint density at radius 1 is 1.15 bits per heavy atom. The molecule has 2 N–H and O–H groups in total. The summed E-state index contributed by atoms with van der Waals surface area (Å²) in [5.41, 5.74) is 0.212. The Bertz CT molecular complexity index is 1060. The minimum atomic E-state index is -1.05. The van der Waals surface area contributed by atoms with Crippen molar-refractivity contribution < 1.29 is 34.2 Å². The maximum Gasteiger partial charge on any atom is 0.295 e. The second-order valence-corrected chi connectivity index (χ2v) is 7.14. The van der Waals surface area contributed by atoms with Gasteiger partial charge in [-0.05, 0) is 36.8 Å². The lowest BCUT2D eigenvalue weighted by molar-refractivity contribution is -0.384. The van der Waals surface area contributed by atoms with Gasteiger partial charge >= 0.3 is 0 Å². The molecular weight excluding hydrogens is 432 g/mol. The molecule has 10 nitrogen and oxygen atoms in total. The van der Waals surface area contributed by atoms with Gasteiger partial charge in [0.05, 0.1) is 43.0 Å². The molecule has 1 aliphatic heterocycles. The first kappa shape index (κ1) is 23.9. The summed E-state index contributed by atoms with van der Waals surface area (Å²) in [5, 5.41) is 31.2. The first-order valence-electron chi connectivity index (χ1n) is 10.3. The lowest BCUT2D eigenvalue weighted by atomic mass is 9.95. The van der Waals surface area contributed by atoms with Gasteiger partial charge in [0.15, 0.2) is 0 Å². The summed E-state index contributed by atoms with van der Waals surface area (Å²) in [6.07, 6.45) is 0. The molecule has 1 atom stereocenters. The van der Waals surface area contributed by atoms with Gasteiger partial charge in [0.25, 0.3) is 17.4 Å². The van der Waals surface area contributed by atoms with Crippen molar-refractivity contribution in [2.75, 3.05) is 33.0 Å². The smallest absolute Gasteiger partial charge is 0.295 e. The quantitative estimate of drug-likeness (QED) is 0.139. The van der Waals surface area contributed by atoms with E-state index >= 15 is 0 Å². The molecule has 0 saturated carbocycles. The molecule has 1 aliphatic rings. The largest absolute Gasteiger partial charge is 0.507 e. The number of Topliss-reactive ketones (excluding diaryl/α,β-unsaturated/α-hetero) is 1. The molecule has 1 heterocycles. The standard InChI is InChI=1S/C23H24N2O8/c1-2-33-18-8-6-15(7-9-18)21(27)19-20(16-4-3-5-17(14-16)25(30)31)24(23(29)22(19)28)10-12-32-13-11-26/h3-9,14,20,26-27H,2,10-13H2,1H3/t20-/m0/s1. The normalized spacial score (nSPS) is 17.4. The van der Waals surface area contributed by atoms with Crippen molar-refractivity contribution in [3.63, 3.8) is 0 Å². The second-order valence-electron chi connectivity index (χ2n) is 7.14. The molecule has 2 aromatic rings. The Morgan fingerprint density at radius 3 is 2.52 bits per heavy atom. The fraction of sp³-hybridized carbons (Fsp3) is 0.304. The molecule has 0 aliphatic carbocycles. The number of non-ortho nitro benzene ring substituents is 1. The van der Waals surface area contributed by atoms with Crippen LogP contribution in [0.1, 0.15) is 24.1 Å². The van der Waals surface area contributed by atoms with Crippen molar-refractivity contribution in [1.29, 1.82) is 0 Å². The molecule has 174 valence electrons. The number of ketones is 1. The Balaban J connectivity index is 2.08. The highest BCUT2D eigenvalue weighted by Gasteiger charge is 2.46. The van der Waals surface area contributed by atoms with Gasteiger partial charge in [-0.1, -0.05) is 12.1 Å². The highest BCUT2D eigenvalue weighted by atomic mass is 16.6. The highest BCUT2D eigenvalue weighted by molar-refractivity contribution is 6.46. The zero-order valence-electron chi connectivity index (χ0n) is 18.0. The average Bonchev–Trinajstić information content (AvgIpc) is 3.07. The van der Waals surface area contributed by atoms with Crippen LogP contribution in [0, 0.1) is 10.1 Å². The predicted molar refractivity (Wildman–Crippen MR) is 118 cm³/mol. The van der Waals surface area contributed by atoms with Crippen LogP contribution in [0.3, 0.4) is 0 Å². The number of aliphatic hydroxyl groups excluding tert-OH is 2. The number of amides is 1. The molecule has 0 spiro atoms. The molecule has 0 radical (unpaired) electrons. The van der Waals surface area contributed by atoms with Crippen molar-refractivity contribution >= 4 is 23.1 Å². The van der Waals surface area contributed by atoms with E-state index in [2.05, 4.69) is 0 Å². The molecule has 2 aromatic carbocycles. The molecule has 0 unspecified atom stereocenters. The summed E-state index contributed by atoms with van der Waals surface area (Å²) < 4.78 is 10.6. The van der Waals surface area contributed by atoms with Crippen LogP contribution in [0.4, 0.5) is 5.69 Å². The Morgan fingerprint density at radius 2 is 1.88 bits per heavy atom. The van der Waals surface area contributed by atoms with Gasteiger partial charge < -0.3 is 24.6 Å². The number of nitrogens with zero attached hydrogens (tertiary/aromatic N) is 2. The van der Waals surface area contributed by atoms with Gasteiger partial charge in [0.1, 0.15) is 11.5 Å². The number of hydrogen-bond donors (Lipinski definition) is 2. The van der Waals surface area contributed by atoms with Crippen molar-refractivity contribution in [3.05, 3.63) is 75.3 Å². The Hall–Kier alpha value is -3.76. The summed E-state index contributed by atoms with van der Waals surface area (Å²) in [5.74, 6) is -1.58. The number of likely N-dealkylation sites (tertiary alicyclic amines) is 1.